The molecule has 0 saturated heterocycles. The lowest BCUT2D eigenvalue weighted by atomic mass is 10.0. The van der Waals surface area contributed by atoms with E-state index < -0.39 is 12.5 Å². The molecule has 1 unspecified atom stereocenters. The van der Waals surface area contributed by atoms with E-state index in [4.69, 9.17) is 0 Å². The van der Waals surface area contributed by atoms with Gasteiger partial charge in [0.2, 0.25) is 0 Å². The van der Waals surface area contributed by atoms with Gasteiger partial charge in [0.05, 0.1) is 11.9 Å². The largest absolute Gasteiger partial charge is 0.382 e. The van der Waals surface area contributed by atoms with Crippen LogP contribution in [0.1, 0.15) is 42.7 Å². The highest BCUT2D eigenvalue weighted by Gasteiger charge is 2.16. The summed E-state index contributed by atoms with van der Waals surface area (Å²) in [5, 5.41) is 17.9. The third-order valence-corrected chi connectivity index (χ3v) is 2.87. The number of aliphatic hydroxyl groups is 1. The molecule has 0 aliphatic heterocycles. The van der Waals surface area contributed by atoms with Crippen molar-refractivity contribution in [1.29, 1.82) is 0 Å². The van der Waals surface area contributed by atoms with Gasteiger partial charge < -0.3 is 5.11 Å². The van der Waals surface area contributed by atoms with Crippen molar-refractivity contribution in [2.45, 2.75) is 32.4 Å². The van der Waals surface area contributed by atoms with Crippen LogP contribution >= 0.6 is 0 Å². The Labute approximate surface area is 109 Å². The number of aromatic nitrogens is 3. The highest BCUT2D eigenvalue weighted by atomic mass is 19.3. The summed E-state index contributed by atoms with van der Waals surface area (Å²) in [5.74, 6) is 0. The number of benzene rings is 1. The highest BCUT2D eigenvalue weighted by Crippen LogP contribution is 2.24. The van der Waals surface area contributed by atoms with Crippen molar-refractivity contribution >= 4 is 0 Å². The second-order valence-corrected chi connectivity index (χ2v) is 4.25. The van der Waals surface area contributed by atoms with Gasteiger partial charge in [-0.3, -0.25) is 0 Å². The van der Waals surface area contributed by atoms with E-state index in [0.29, 0.717) is 17.8 Å². The SMILES string of the molecule is CCCn1nncc1C(O)c1ccc(C(F)F)cc1. The summed E-state index contributed by atoms with van der Waals surface area (Å²) in [5.41, 5.74) is 1.05. The van der Waals surface area contributed by atoms with E-state index in [1.54, 1.807) is 4.68 Å². The Hall–Kier alpha value is -1.82. The fourth-order valence-electron chi connectivity index (χ4n) is 1.86. The van der Waals surface area contributed by atoms with Crippen molar-refractivity contribution in [2.75, 3.05) is 0 Å². The number of halogens is 2. The molecule has 0 amide bonds. The minimum Gasteiger partial charge on any atom is -0.382 e. The van der Waals surface area contributed by atoms with Crippen LogP contribution in [0.3, 0.4) is 0 Å². The van der Waals surface area contributed by atoms with Crippen LogP contribution < -0.4 is 0 Å². The van der Waals surface area contributed by atoms with Crippen molar-refractivity contribution in [3.8, 4) is 0 Å². The van der Waals surface area contributed by atoms with Gasteiger partial charge in [0, 0.05) is 12.1 Å². The average molecular weight is 267 g/mol. The zero-order valence-corrected chi connectivity index (χ0v) is 10.5. The fourth-order valence-corrected chi connectivity index (χ4v) is 1.86. The Morgan fingerprint density at radius 3 is 2.42 bits per heavy atom. The molecule has 2 aromatic rings. The number of alkyl halides is 2. The first-order valence-electron chi connectivity index (χ1n) is 6.08. The average Bonchev–Trinajstić information content (AvgIpc) is 2.87. The number of hydrogen-bond donors (Lipinski definition) is 1. The molecule has 0 spiro atoms. The Morgan fingerprint density at radius 1 is 1.21 bits per heavy atom. The molecule has 0 aliphatic rings. The second-order valence-electron chi connectivity index (χ2n) is 4.25. The number of rotatable bonds is 5. The van der Waals surface area contributed by atoms with Crippen molar-refractivity contribution < 1.29 is 13.9 Å². The molecule has 1 aromatic carbocycles. The van der Waals surface area contributed by atoms with Crippen LogP contribution in [0.4, 0.5) is 8.78 Å². The summed E-state index contributed by atoms with van der Waals surface area (Å²) in [6, 6.07) is 5.62. The predicted octanol–water partition coefficient (Wildman–Crippen LogP) is 2.71. The fraction of sp³-hybridized carbons (Fsp3) is 0.385. The molecule has 0 aliphatic carbocycles. The number of aryl methyl sites for hydroxylation is 1. The van der Waals surface area contributed by atoms with Crippen molar-refractivity contribution in [1.82, 2.24) is 15.0 Å². The van der Waals surface area contributed by atoms with Crippen LogP contribution in [-0.4, -0.2) is 20.1 Å². The first kappa shape index (κ1) is 13.6. The topological polar surface area (TPSA) is 50.9 Å². The third-order valence-electron chi connectivity index (χ3n) is 2.87. The summed E-state index contributed by atoms with van der Waals surface area (Å²) < 4.78 is 26.5. The minimum absolute atomic E-state index is 0.0591. The van der Waals surface area contributed by atoms with Crippen LogP contribution in [0.5, 0.6) is 0 Å². The van der Waals surface area contributed by atoms with Gasteiger partial charge in [-0.2, -0.15) is 0 Å². The first-order chi connectivity index (χ1) is 9.13. The van der Waals surface area contributed by atoms with E-state index in [1.807, 2.05) is 6.92 Å². The second kappa shape index (κ2) is 5.88. The van der Waals surface area contributed by atoms with Gasteiger partial charge in [-0.15, -0.1) is 5.10 Å². The Bertz CT molecular complexity index is 525. The molecule has 19 heavy (non-hydrogen) atoms. The van der Waals surface area contributed by atoms with Gasteiger partial charge in [-0.1, -0.05) is 36.4 Å². The van der Waals surface area contributed by atoms with Gasteiger partial charge >= 0.3 is 0 Å². The van der Waals surface area contributed by atoms with Gasteiger partial charge in [0.15, 0.2) is 0 Å². The van der Waals surface area contributed by atoms with Gasteiger partial charge in [0.1, 0.15) is 6.10 Å². The monoisotopic (exact) mass is 267 g/mol. The van der Waals surface area contributed by atoms with Gasteiger partial charge in [-0.05, 0) is 12.0 Å². The van der Waals surface area contributed by atoms with E-state index in [2.05, 4.69) is 10.3 Å². The maximum atomic E-state index is 12.5. The smallest absolute Gasteiger partial charge is 0.263 e. The van der Waals surface area contributed by atoms with Crippen LogP contribution in [0.25, 0.3) is 0 Å². The maximum absolute atomic E-state index is 12.5. The first-order valence-corrected chi connectivity index (χ1v) is 6.08. The molecule has 2 rings (SSSR count). The molecule has 0 bridgehead atoms. The third kappa shape index (κ3) is 2.96. The maximum Gasteiger partial charge on any atom is 0.263 e. The predicted molar refractivity (Wildman–Crippen MR) is 65.8 cm³/mol. The molecule has 0 fully saturated rings. The zero-order valence-electron chi connectivity index (χ0n) is 10.5. The number of nitrogens with zero attached hydrogens (tertiary/aromatic N) is 3. The van der Waals surface area contributed by atoms with E-state index in [1.165, 1.54) is 30.5 Å². The lowest BCUT2D eigenvalue weighted by Crippen LogP contribution is -2.10. The summed E-state index contributed by atoms with van der Waals surface area (Å²) >= 11 is 0. The standard InChI is InChI=1S/C13H15F2N3O/c1-2-7-18-11(8-16-17-18)12(19)9-3-5-10(6-4-9)13(14)15/h3-6,8,12-13,19H,2,7H2,1H3. The Morgan fingerprint density at radius 2 is 1.84 bits per heavy atom. The van der Waals surface area contributed by atoms with Crippen molar-refractivity contribution in [3.63, 3.8) is 0 Å². The van der Waals surface area contributed by atoms with Crippen LogP contribution in [0, 0.1) is 0 Å². The van der Waals surface area contributed by atoms with E-state index in [9.17, 15) is 13.9 Å². The summed E-state index contributed by atoms with van der Waals surface area (Å²) in [6.45, 7) is 2.65. The molecule has 0 radical (unpaired) electrons. The van der Waals surface area contributed by atoms with Gasteiger partial charge in [-0.25, -0.2) is 13.5 Å². The van der Waals surface area contributed by atoms with E-state index in [0.717, 1.165) is 6.42 Å². The molecule has 102 valence electrons. The van der Waals surface area contributed by atoms with Gasteiger partial charge in [0.25, 0.3) is 6.43 Å². The highest BCUT2D eigenvalue weighted by molar-refractivity contribution is 5.28. The normalized spacial score (nSPS) is 12.9. The Kier molecular flexibility index (Phi) is 4.21. The molecule has 1 N–H and O–H groups in total. The van der Waals surface area contributed by atoms with Crippen molar-refractivity contribution in [3.05, 3.63) is 47.3 Å². The van der Waals surface area contributed by atoms with Crippen LogP contribution in [0.15, 0.2) is 30.5 Å². The lowest BCUT2D eigenvalue weighted by molar-refractivity contribution is 0.151. The number of hydrogen-bond acceptors (Lipinski definition) is 3. The van der Waals surface area contributed by atoms with Crippen LogP contribution in [-0.2, 0) is 6.54 Å². The summed E-state index contributed by atoms with van der Waals surface area (Å²) in [7, 11) is 0. The molecule has 1 heterocycles. The molecule has 6 heteroatoms. The minimum atomic E-state index is -2.50. The molecule has 1 aromatic heterocycles. The molecule has 0 saturated carbocycles. The quantitative estimate of drug-likeness (QED) is 0.906. The van der Waals surface area contributed by atoms with E-state index in [-0.39, 0.29) is 5.56 Å². The van der Waals surface area contributed by atoms with Crippen molar-refractivity contribution in [2.24, 2.45) is 0 Å². The van der Waals surface area contributed by atoms with E-state index >= 15 is 0 Å². The lowest BCUT2D eigenvalue weighted by Gasteiger charge is -2.12. The molecule has 1 atom stereocenters. The number of aliphatic hydroxyl groups excluding tert-OH is 1. The molecule has 4 nitrogen and oxygen atoms in total. The Balaban J connectivity index is 2.23. The summed E-state index contributed by atoms with van der Waals surface area (Å²) in [6.07, 6.45) is -1.05. The van der Waals surface area contributed by atoms with Crippen LogP contribution in [0.2, 0.25) is 0 Å². The molecular formula is C13H15F2N3O. The summed E-state index contributed by atoms with van der Waals surface area (Å²) in [4.78, 5) is 0. The molecular weight excluding hydrogens is 252 g/mol. The zero-order chi connectivity index (χ0) is 13.8.